The zero-order valence-electron chi connectivity index (χ0n) is 15.4. The van der Waals surface area contributed by atoms with Gasteiger partial charge >= 0.3 is 6.03 Å². The lowest BCUT2D eigenvalue weighted by Crippen LogP contribution is -2.33. The van der Waals surface area contributed by atoms with E-state index in [9.17, 15) is 9.59 Å². The predicted octanol–water partition coefficient (Wildman–Crippen LogP) is 4.45. The lowest BCUT2D eigenvalue weighted by molar-refractivity contribution is -0.106. The SMILES string of the molecule is O=CN(C(=O)Nc1ccc2c(c1)OCCO2)c1cccc(Oc2ccccc2)c1. The largest absolute Gasteiger partial charge is 0.486 e. The minimum atomic E-state index is -0.603. The van der Waals surface area contributed by atoms with Crippen molar-refractivity contribution in [3.63, 3.8) is 0 Å². The summed E-state index contributed by atoms with van der Waals surface area (Å²) in [5, 5.41) is 2.69. The maximum atomic E-state index is 12.7. The van der Waals surface area contributed by atoms with Crippen LogP contribution < -0.4 is 24.4 Å². The molecule has 0 fully saturated rings. The third-order valence-corrected chi connectivity index (χ3v) is 4.19. The van der Waals surface area contributed by atoms with Gasteiger partial charge in [-0.05, 0) is 36.4 Å². The van der Waals surface area contributed by atoms with Crippen LogP contribution in [-0.4, -0.2) is 25.7 Å². The van der Waals surface area contributed by atoms with E-state index in [2.05, 4.69) is 5.32 Å². The summed E-state index contributed by atoms with van der Waals surface area (Å²) in [6, 6.07) is 20.4. The molecule has 0 aromatic heterocycles. The van der Waals surface area contributed by atoms with Crippen molar-refractivity contribution in [3.05, 3.63) is 72.8 Å². The second-order valence-corrected chi connectivity index (χ2v) is 6.18. The molecule has 146 valence electrons. The number of benzene rings is 3. The molecule has 0 radical (unpaired) electrons. The van der Waals surface area contributed by atoms with E-state index in [0.717, 1.165) is 4.90 Å². The molecule has 0 aliphatic carbocycles. The van der Waals surface area contributed by atoms with Gasteiger partial charge in [0.05, 0.1) is 5.69 Å². The fraction of sp³-hybridized carbons (Fsp3) is 0.0909. The number of nitrogens with one attached hydrogen (secondary N) is 1. The molecule has 0 saturated heterocycles. The average molecular weight is 390 g/mol. The molecule has 1 N–H and O–H groups in total. The Hall–Kier alpha value is -4.00. The molecule has 7 heteroatoms. The van der Waals surface area contributed by atoms with E-state index in [1.165, 1.54) is 0 Å². The summed E-state index contributed by atoms with van der Waals surface area (Å²) in [4.78, 5) is 25.2. The summed E-state index contributed by atoms with van der Waals surface area (Å²) < 4.78 is 16.7. The molecule has 1 aliphatic rings. The van der Waals surface area contributed by atoms with Gasteiger partial charge in [-0.3, -0.25) is 4.79 Å². The van der Waals surface area contributed by atoms with Gasteiger partial charge in [0.15, 0.2) is 11.5 Å². The fourth-order valence-electron chi connectivity index (χ4n) is 2.85. The number of hydrogen-bond acceptors (Lipinski definition) is 5. The number of carbonyl (C=O) groups excluding carboxylic acids is 2. The third kappa shape index (κ3) is 4.30. The molecule has 1 heterocycles. The number of imide groups is 1. The Balaban J connectivity index is 1.50. The maximum absolute atomic E-state index is 12.7. The van der Waals surface area contributed by atoms with Gasteiger partial charge in [0, 0.05) is 17.8 Å². The second-order valence-electron chi connectivity index (χ2n) is 6.18. The first-order valence-corrected chi connectivity index (χ1v) is 9.01. The topological polar surface area (TPSA) is 77.1 Å². The van der Waals surface area contributed by atoms with E-state index in [0.29, 0.717) is 54.0 Å². The number of carbonyl (C=O) groups is 2. The summed E-state index contributed by atoms with van der Waals surface area (Å²) in [6.07, 6.45) is 0.453. The van der Waals surface area contributed by atoms with Gasteiger partial charge in [-0.1, -0.05) is 24.3 Å². The number of rotatable bonds is 5. The molecule has 0 saturated carbocycles. The van der Waals surface area contributed by atoms with Crippen molar-refractivity contribution in [3.8, 4) is 23.0 Å². The number of hydrogen-bond donors (Lipinski definition) is 1. The zero-order valence-corrected chi connectivity index (χ0v) is 15.4. The van der Waals surface area contributed by atoms with E-state index in [1.807, 2.05) is 30.3 Å². The van der Waals surface area contributed by atoms with Crippen LogP contribution in [0.2, 0.25) is 0 Å². The Morgan fingerprint density at radius 2 is 1.66 bits per heavy atom. The number of nitrogens with zero attached hydrogens (tertiary/aromatic N) is 1. The van der Waals surface area contributed by atoms with Crippen LogP contribution in [0.3, 0.4) is 0 Å². The van der Waals surface area contributed by atoms with E-state index in [-0.39, 0.29) is 0 Å². The summed E-state index contributed by atoms with van der Waals surface area (Å²) in [7, 11) is 0. The van der Waals surface area contributed by atoms with Gasteiger partial charge < -0.3 is 19.5 Å². The Kier molecular flexibility index (Phi) is 5.29. The molecule has 0 unspecified atom stereocenters. The Labute approximate surface area is 167 Å². The highest BCUT2D eigenvalue weighted by Gasteiger charge is 2.18. The van der Waals surface area contributed by atoms with Crippen LogP contribution in [0.5, 0.6) is 23.0 Å². The summed E-state index contributed by atoms with van der Waals surface area (Å²) in [5.74, 6) is 2.33. The summed E-state index contributed by atoms with van der Waals surface area (Å²) in [6.45, 7) is 0.929. The highest BCUT2D eigenvalue weighted by atomic mass is 16.6. The molecule has 3 amide bonds. The van der Waals surface area contributed by atoms with Gasteiger partial charge in [0.25, 0.3) is 0 Å². The van der Waals surface area contributed by atoms with Crippen LogP contribution in [0.4, 0.5) is 16.2 Å². The number of para-hydroxylation sites is 1. The van der Waals surface area contributed by atoms with Crippen molar-refractivity contribution < 1.29 is 23.8 Å². The molecular weight excluding hydrogens is 372 g/mol. The van der Waals surface area contributed by atoms with E-state index < -0.39 is 6.03 Å². The van der Waals surface area contributed by atoms with E-state index >= 15 is 0 Å². The molecule has 0 bridgehead atoms. The van der Waals surface area contributed by atoms with Gasteiger partial charge in [-0.15, -0.1) is 0 Å². The van der Waals surface area contributed by atoms with E-state index in [4.69, 9.17) is 14.2 Å². The van der Waals surface area contributed by atoms with Crippen LogP contribution in [0, 0.1) is 0 Å². The zero-order chi connectivity index (χ0) is 20.1. The molecule has 7 nitrogen and oxygen atoms in total. The van der Waals surface area contributed by atoms with Crippen LogP contribution in [0.15, 0.2) is 72.8 Å². The lowest BCUT2D eigenvalue weighted by Gasteiger charge is -2.20. The third-order valence-electron chi connectivity index (χ3n) is 4.19. The molecule has 29 heavy (non-hydrogen) atoms. The molecule has 1 aliphatic heterocycles. The summed E-state index contributed by atoms with van der Waals surface area (Å²) >= 11 is 0. The Bertz CT molecular complexity index is 1020. The van der Waals surface area contributed by atoms with Crippen molar-refractivity contribution in [1.82, 2.24) is 0 Å². The van der Waals surface area contributed by atoms with Crippen molar-refractivity contribution in [2.75, 3.05) is 23.4 Å². The lowest BCUT2D eigenvalue weighted by atomic mass is 10.2. The first kappa shape index (κ1) is 18.4. The standard InChI is InChI=1S/C22H18N2O5/c25-15-24(17-5-4-8-19(14-17)29-18-6-2-1-3-7-18)22(26)23-16-9-10-20-21(13-16)28-12-11-27-20/h1-10,13-15H,11-12H2,(H,23,26). The van der Waals surface area contributed by atoms with Crippen LogP contribution in [0.1, 0.15) is 0 Å². The van der Waals surface area contributed by atoms with Crippen LogP contribution in [-0.2, 0) is 4.79 Å². The molecular formula is C22H18N2O5. The monoisotopic (exact) mass is 390 g/mol. The average Bonchev–Trinajstić information content (AvgIpc) is 2.75. The Morgan fingerprint density at radius 3 is 2.45 bits per heavy atom. The van der Waals surface area contributed by atoms with Gasteiger partial charge in [0.1, 0.15) is 24.7 Å². The van der Waals surface area contributed by atoms with Crippen molar-refractivity contribution in [2.24, 2.45) is 0 Å². The van der Waals surface area contributed by atoms with Crippen molar-refractivity contribution in [1.29, 1.82) is 0 Å². The smallest absolute Gasteiger partial charge is 0.332 e. The van der Waals surface area contributed by atoms with Gasteiger partial charge in [-0.2, -0.15) is 0 Å². The second kappa shape index (κ2) is 8.35. The summed E-state index contributed by atoms with van der Waals surface area (Å²) in [5.41, 5.74) is 0.867. The molecule has 0 atom stereocenters. The quantitative estimate of drug-likeness (QED) is 0.652. The molecule has 4 rings (SSSR count). The number of anilines is 2. The maximum Gasteiger partial charge on any atom is 0.332 e. The van der Waals surface area contributed by atoms with Crippen molar-refractivity contribution in [2.45, 2.75) is 0 Å². The van der Waals surface area contributed by atoms with Crippen LogP contribution >= 0.6 is 0 Å². The first-order valence-electron chi connectivity index (χ1n) is 9.01. The molecule has 0 spiro atoms. The minimum Gasteiger partial charge on any atom is -0.486 e. The highest BCUT2D eigenvalue weighted by Crippen LogP contribution is 2.33. The number of ether oxygens (including phenoxy) is 3. The normalized spacial score (nSPS) is 12.0. The number of fused-ring (bicyclic) bond motifs is 1. The predicted molar refractivity (Wildman–Crippen MR) is 108 cm³/mol. The number of amides is 3. The molecule has 3 aromatic carbocycles. The number of urea groups is 1. The van der Waals surface area contributed by atoms with Gasteiger partial charge in [0.2, 0.25) is 6.41 Å². The first-order chi connectivity index (χ1) is 14.2. The highest BCUT2D eigenvalue weighted by molar-refractivity contribution is 6.12. The van der Waals surface area contributed by atoms with Crippen molar-refractivity contribution >= 4 is 23.8 Å². The minimum absolute atomic E-state index is 0.378. The van der Waals surface area contributed by atoms with Crippen LogP contribution in [0.25, 0.3) is 0 Å². The van der Waals surface area contributed by atoms with Gasteiger partial charge in [-0.25, -0.2) is 9.69 Å². The Morgan fingerprint density at radius 1 is 0.897 bits per heavy atom. The molecule has 3 aromatic rings. The fourth-order valence-corrected chi connectivity index (χ4v) is 2.85. The van der Waals surface area contributed by atoms with E-state index in [1.54, 1.807) is 42.5 Å².